The van der Waals surface area contributed by atoms with E-state index in [-0.39, 0.29) is 29.8 Å². The molecule has 0 bridgehead atoms. The molecule has 0 aliphatic rings. The summed E-state index contributed by atoms with van der Waals surface area (Å²) < 4.78 is 6.79. The van der Waals surface area contributed by atoms with Gasteiger partial charge in [-0.1, -0.05) is 60.9 Å². The van der Waals surface area contributed by atoms with Gasteiger partial charge in [-0.3, -0.25) is 14.2 Å². The molecule has 0 spiro atoms. The summed E-state index contributed by atoms with van der Waals surface area (Å²) in [7, 11) is 0. The van der Waals surface area contributed by atoms with Crippen molar-refractivity contribution in [1.82, 2.24) is 14.7 Å². The molecule has 1 amide bonds. The number of aromatic nitrogens is 3. The van der Waals surface area contributed by atoms with Gasteiger partial charge in [0.15, 0.2) is 5.82 Å². The Kier molecular flexibility index (Phi) is 5.37. The lowest BCUT2D eigenvalue weighted by Crippen LogP contribution is -2.27. The third kappa shape index (κ3) is 3.84. The summed E-state index contributed by atoms with van der Waals surface area (Å²) >= 11 is 6.10. The third-order valence-corrected chi connectivity index (χ3v) is 4.99. The maximum absolute atomic E-state index is 12.9. The van der Waals surface area contributed by atoms with Crippen LogP contribution in [0.5, 0.6) is 0 Å². The van der Waals surface area contributed by atoms with Crippen LogP contribution in [0.15, 0.2) is 63.9 Å². The normalized spacial score (nSPS) is 11.2. The van der Waals surface area contributed by atoms with E-state index in [0.29, 0.717) is 27.6 Å². The summed E-state index contributed by atoms with van der Waals surface area (Å²) in [5.41, 5.74) is 1.28. The molecule has 4 aromatic rings. The number of fused-ring (bicyclic) bond motifs is 1. The zero-order chi connectivity index (χ0) is 21.3. The van der Waals surface area contributed by atoms with E-state index in [1.807, 2.05) is 26.0 Å². The minimum atomic E-state index is -0.358. The molecule has 0 radical (unpaired) electrons. The number of hydrogen-bond acceptors (Lipinski definition) is 5. The van der Waals surface area contributed by atoms with E-state index in [0.717, 1.165) is 5.39 Å². The van der Waals surface area contributed by atoms with Gasteiger partial charge in [-0.25, -0.2) is 0 Å². The molecule has 0 aliphatic heterocycles. The molecule has 152 valence electrons. The molecule has 2 aromatic heterocycles. The Morgan fingerprint density at radius 3 is 2.63 bits per heavy atom. The Bertz CT molecular complexity index is 1290. The van der Waals surface area contributed by atoms with Crippen LogP contribution in [0.2, 0.25) is 5.02 Å². The van der Waals surface area contributed by atoms with Crippen molar-refractivity contribution in [3.63, 3.8) is 0 Å². The van der Waals surface area contributed by atoms with Crippen LogP contribution in [0.4, 0.5) is 5.69 Å². The first-order chi connectivity index (χ1) is 14.4. The zero-order valence-corrected chi connectivity index (χ0v) is 17.2. The Balaban J connectivity index is 1.73. The summed E-state index contributed by atoms with van der Waals surface area (Å²) in [4.78, 5) is 29.9. The number of nitrogens with zero attached hydrogens (tertiary/aromatic N) is 3. The monoisotopic (exact) mass is 422 g/mol. The summed E-state index contributed by atoms with van der Waals surface area (Å²) in [5.74, 6) is 0.586. The molecule has 1 N–H and O–H groups in total. The number of pyridine rings is 1. The highest BCUT2D eigenvalue weighted by Crippen LogP contribution is 2.27. The van der Waals surface area contributed by atoms with Gasteiger partial charge in [-0.15, -0.1) is 0 Å². The summed E-state index contributed by atoms with van der Waals surface area (Å²) in [5, 5.41) is 7.89. The highest BCUT2D eigenvalue weighted by molar-refractivity contribution is 6.33. The number of para-hydroxylation sites is 2. The van der Waals surface area contributed by atoms with Crippen molar-refractivity contribution >= 4 is 34.1 Å². The molecule has 30 heavy (non-hydrogen) atoms. The molecular weight excluding hydrogens is 404 g/mol. The van der Waals surface area contributed by atoms with Crippen molar-refractivity contribution in [2.24, 2.45) is 0 Å². The van der Waals surface area contributed by atoms with Crippen molar-refractivity contribution in [3.05, 3.63) is 75.8 Å². The van der Waals surface area contributed by atoms with E-state index in [9.17, 15) is 9.59 Å². The van der Waals surface area contributed by atoms with Gasteiger partial charge in [0, 0.05) is 17.4 Å². The highest BCUT2D eigenvalue weighted by Gasteiger charge is 2.18. The SMILES string of the molecule is CC(C)c1noc(-c2cc(=O)n(CC(=O)Nc3ccccc3Cl)c3ccccc23)n1. The largest absolute Gasteiger partial charge is 0.334 e. The number of amides is 1. The third-order valence-electron chi connectivity index (χ3n) is 4.66. The molecule has 7 nitrogen and oxygen atoms in total. The van der Waals surface area contributed by atoms with Crippen molar-refractivity contribution in [1.29, 1.82) is 0 Å². The second kappa shape index (κ2) is 8.12. The zero-order valence-electron chi connectivity index (χ0n) is 16.4. The Labute approximate surface area is 177 Å². The number of nitrogens with one attached hydrogen (secondary N) is 1. The van der Waals surface area contributed by atoms with Crippen LogP contribution < -0.4 is 10.9 Å². The lowest BCUT2D eigenvalue weighted by molar-refractivity contribution is -0.116. The van der Waals surface area contributed by atoms with Gasteiger partial charge in [-0.05, 0) is 18.2 Å². The fraction of sp³-hybridized carbons (Fsp3) is 0.182. The minimum absolute atomic E-state index is 0.0997. The molecule has 4 rings (SSSR count). The molecule has 0 aliphatic carbocycles. The van der Waals surface area contributed by atoms with Crippen LogP contribution in [0.3, 0.4) is 0 Å². The van der Waals surface area contributed by atoms with Gasteiger partial charge in [0.05, 0.1) is 21.8 Å². The first-order valence-electron chi connectivity index (χ1n) is 9.45. The van der Waals surface area contributed by atoms with Gasteiger partial charge in [-0.2, -0.15) is 4.98 Å². The van der Waals surface area contributed by atoms with Crippen LogP contribution in [0.1, 0.15) is 25.6 Å². The van der Waals surface area contributed by atoms with Gasteiger partial charge >= 0.3 is 0 Å². The average molecular weight is 423 g/mol. The van der Waals surface area contributed by atoms with Crippen molar-refractivity contribution < 1.29 is 9.32 Å². The number of carbonyl (C=O) groups excluding carboxylic acids is 1. The topological polar surface area (TPSA) is 90.0 Å². The fourth-order valence-corrected chi connectivity index (χ4v) is 3.33. The maximum atomic E-state index is 12.9. The molecule has 0 saturated carbocycles. The lowest BCUT2D eigenvalue weighted by atomic mass is 10.1. The molecule has 0 saturated heterocycles. The van der Waals surface area contributed by atoms with Gasteiger partial charge in [0.25, 0.3) is 11.4 Å². The van der Waals surface area contributed by atoms with Crippen molar-refractivity contribution in [2.75, 3.05) is 5.32 Å². The van der Waals surface area contributed by atoms with E-state index in [4.69, 9.17) is 16.1 Å². The summed E-state index contributed by atoms with van der Waals surface area (Å²) in [6.07, 6.45) is 0. The van der Waals surface area contributed by atoms with Crippen molar-refractivity contribution in [3.8, 4) is 11.5 Å². The van der Waals surface area contributed by atoms with Crippen LogP contribution in [-0.2, 0) is 11.3 Å². The predicted molar refractivity (Wildman–Crippen MR) is 116 cm³/mol. The van der Waals surface area contributed by atoms with E-state index < -0.39 is 0 Å². The number of carbonyl (C=O) groups is 1. The molecule has 8 heteroatoms. The average Bonchev–Trinajstić information content (AvgIpc) is 3.22. The Morgan fingerprint density at radius 2 is 1.90 bits per heavy atom. The number of anilines is 1. The number of halogens is 1. The van der Waals surface area contributed by atoms with Crippen LogP contribution >= 0.6 is 11.6 Å². The Morgan fingerprint density at radius 1 is 1.17 bits per heavy atom. The predicted octanol–water partition coefficient (Wildman–Crippen LogP) is 4.47. The van der Waals surface area contributed by atoms with Crippen LogP contribution in [0.25, 0.3) is 22.4 Å². The van der Waals surface area contributed by atoms with E-state index in [2.05, 4.69) is 15.5 Å². The number of hydrogen-bond donors (Lipinski definition) is 1. The summed E-state index contributed by atoms with van der Waals surface area (Å²) in [6.45, 7) is 3.76. The van der Waals surface area contributed by atoms with Gasteiger partial charge < -0.3 is 9.84 Å². The minimum Gasteiger partial charge on any atom is -0.334 e. The molecular formula is C22H19ClN4O3. The number of benzene rings is 2. The van der Waals surface area contributed by atoms with E-state index >= 15 is 0 Å². The van der Waals surface area contributed by atoms with Crippen LogP contribution in [-0.4, -0.2) is 20.6 Å². The first kappa shape index (κ1) is 19.8. The van der Waals surface area contributed by atoms with Gasteiger partial charge in [0.2, 0.25) is 5.91 Å². The quantitative estimate of drug-likeness (QED) is 0.512. The van der Waals surface area contributed by atoms with E-state index in [1.165, 1.54) is 10.6 Å². The molecule has 2 aromatic carbocycles. The molecule has 0 unspecified atom stereocenters. The number of rotatable bonds is 5. The smallest absolute Gasteiger partial charge is 0.258 e. The second-order valence-corrected chi connectivity index (χ2v) is 7.55. The Hall–Kier alpha value is -3.45. The second-order valence-electron chi connectivity index (χ2n) is 7.14. The molecule has 2 heterocycles. The lowest BCUT2D eigenvalue weighted by Gasteiger charge is -2.13. The standard InChI is InChI=1S/C22H19ClN4O3/c1-13(2)21-25-22(30-26-21)15-11-20(29)27(18-10-6-3-7-14(15)18)12-19(28)24-17-9-5-4-8-16(17)23/h3-11,13H,12H2,1-2H3,(H,24,28). The van der Waals surface area contributed by atoms with Crippen molar-refractivity contribution in [2.45, 2.75) is 26.3 Å². The van der Waals surface area contributed by atoms with Gasteiger partial charge in [0.1, 0.15) is 6.54 Å². The van der Waals surface area contributed by atoms with E-state index in [1.54, 1.807) is 36.4 Å². The molecule has 0 atom stereocenters. The van der Waals surface area contributed by atoms with Crippen LogP contribution in [0, 0.1) is 0 Å². The molecule has 0 fully saturated rings. The summed E-state index contributed by atoms with van der Waals surface area (Å²) in [6, 6.07) is 15.6. The fourth-order valence-electron chi connectivity index (χ4n) is 3.15. The highest BCUT2D eigenvalue weighted by atomic mass is 35.5. The first-order valence-corrected chi connectivity index (χ1v) is 9.83. The maximum Gasteiger partial charge on any atom is 0.258 e.